The number of anilines is 6. The van der Waals surface area contributed by atoms with Crippen LogP contribution in [0.3, 0.4) is 0 Å². The van der Waals surface area contributed by atoms with Crippen molar-refractivity contribution in [1.82, 2.24) is 0 Å². The van der Waals surface area contributed by atoms with E-state index in [-0.39, 0.29) is 16.2 Å². The van der Waals surface area contributed by atoms with Crippen LogP contribution in [0.2, 0.25) is 0 Å². The van der Waals surface area contributed by atoms with Gasteiger partial charge in [-0.15, -0.1) is 0 Å². The van der Waals surface area contributed by atoms with Crippen LogP contribution in [0.4, 0.5) is 34.1 Å². The van der Waals surface area contributed by atoms with E-state index in [4.69, 9.17) is 0 Å². The van der Waals surface area contributed by atoms with Gasteiger partial charge in [0.15, 0.2) is 0 Å². The molecule has 0 radical (unpaired) electrons. The molecule has 2 heteroatoms. The maximum absolute atomic E-state index is 2.44. The molecule has 0 fully saturated rings. The molecule has 0 saturated heterocycles. The number of benzene rings is 5. The molecule has 0 spiro atoms. The van der Waals surface area contributed by atoms with Crippen molar-refractivity contribution in [2.45, 2.75) is 113 Å². The fourth-order valence-electron chi connectivity index (χ4n) is 6.85. The quantitative estimate of drug-likeness (QED) is 0.180. The predicted molar refractivity (Wildman–Crippen MR) is 216 cm³/mol. The highest BCUT2D eigenvalue weighted by Crippen LogP contribution is 2.44. The van der Waals surface area contributed by atoms with Crippen LogP contribution in [0.15, 0.2) is 97.1 Å². The molecule has 2 nitrogen and oxygen atoms in total. The van der Waals surface area contributed by atoms with Crippen molar-refractivity contribution < 1.29 is 0 Å². The smallest absolute Gasteiger partial charge is 0.0520 e. The highest BCUT2D eigenvalue weighted by Gasteiger charge is 2.24. The van der Waals surface area contributed by atoms with Crippen molar-refractivity contribution in [2.24, 2.45) is 0 Å². The summed E-state index contributed by atoms with van der Waals surface area (Å²) in [6.45, 7) is 31.8. The lowest BCUT2D eigenvalue weighted by atomic mass is 9.84. The predicted octanol–water partition coefficient (Wildman–Crippen LogP) is 14.1. The fourth-order valence-corrected chi connectivity index (χ4v) is 6.85. The van der Waals surface area contributed by atoms with Gasteiger partial charge in [-0.1, -0.05) is 116 Å². The molecule has 0 saturated carbocycles. The minimum Gasteiger partial charge on any atom is -0.310 e. The van der Waals surface area contributed by atoms with E-state index in [2.05, 4.69) is 204 Å². The standard InChI is InChI=1S/C47H58N2/c1-31-15-19-39(20-16-31)48(43-32(2)27-37(28-33(43)3)46(9,10)11)41-23-25-42(26-24-41)49(40-21-17-36(18-22-40)45(6,7)8)44-34(4)29-38(30-35(44)5)47(12,13)14/h15-30H,1-14H3. The molecule has 0 aliphatic rings. The molecule has 0 aliphatic carbocycles. The van der Waals surface area contributed by atoms with Gasteiger partial charge in [-0.05, 0) is 138 Å². The Balaban J connectivity index is 1.68. The van der Waals surface area contributed by atoms with E-state index >= 15 is 0 Å². The molecule has 256 valence electrons. The van der Waals surface area contributed by atoms with Crippen molar-refractivity contribution in [3.05, 3.63) is 142 Å². The van der Waals surface area contributed by atoms with Gasteiger partial charge in [-0.3, -0.25) is 0 Å². The first-order chi connectivity index (χ1) is 22.8. The monoisotopic (exact) mass is 650 g/mol. The molecule has 0 amide bonds. The van der Waals surface area contributed by atoms with Gasteiger partial charge in [0.1, 0.15) is 0 Å². The maximum Gasteiger partial charge on any atom is 0.0520 e. The van der Waals surface area contributed by atoms with E-state index in [9.17, 15) is 0 Å². The van der Waals surface area contributed by atoms with Crippen molar-refractivity contribution in [2.75, 3.05) is 9.80 Å². The normalized spacial score (nSPS) is 12.3. The number of hydrogen-bond acceptors (Lipinski definition) is 2. The third kappa shape index (κ3) is 7.64. The third-order valence-electron chi connectivity index (χ3n) is 9.81. The van der Waals surface area contributed by atoms with E-state index < -0.39 is 0 Å². The zero-order chi connectivity index (χ0) is 36.1. The number of aryl methyl sites for hydroxylation is 5. The van der Waals surface area contributed by atoms with Gasteiger partial charge in [0, 0.05) is 22.7 Å². The van der Waals surface area contributed by atoms with Crippen LogP contribution in [0, 0.1) is 34.6 Å². The largest absolute Gasteiger partial charge is 0.310 e. The zero-order valence-corrected chi connectivity index (χ0v) is 32.6. The Kier molecular flexibility index (Phi) is 9.69. The summed E-state index contributed by atoms with van der Waals surface area (Å²) in [7, 11) is 0. The summed E-state index contributed by atoms with van der Waals surface area (Å²) in [5, 5.41) is 0. The van der Waals surface area contributed by atoms with E-state index in [1.807, 2.05) is 0 Å². The van der Waals surface area contributed by atoms with Crippen LogP contribution < -0.4 is 9.80 Å². The molecule has 5 aromatic rings. The van der Waals surface area contributed by atoms with E-state index in [0.29, 0.717) is 0 Å². The second kappa shape index (κ2) is 13.2. The average molecular weight is 651 g/mol. The van der Waals surface area contributed by atoms with Crippen LogP contribution in [0.5, 0.6) is 0 Å². The topological polar surface area (TPSA) is 6.48 Å². The Bertz CT molecular complexity index is 1880. The van der Waals surface area contributed by atoms with Gasteiger partial charge >= 0.3 is 0 Å². The molecule has 5 aromatic carbocycles. The lowest BCUT2D eigenvalue weighted by Gasteiger charge is -2.33. The third-order valence-corrected chi connectivity index (χ3v) is 9.81. The summed E-state index contributed by atoms with van der Waals surface area (Å²) in [4.78, 5) is 4.87. The summed E-state index contributed by atoms with van der Waals surface area (Å²) < 4.78 is 0. The van der Waals surface area contributed by atoms with Crippen LogP contribution in [-0.2, 0) is 16.2 Å². The van der Waals surface area contributed by atoms with E-state index in [1.54, 1.807) is 0 Å². The average Bonchev–Trinajstić information content (AvgIpc) is 3.00. The van der Waals surface area contributed by atoms with Gasteiger partial charge in [0.2, 0.25) is 0 Å². The molecule has 0 atom stereocenters. The van der Waals surface area contributed by atoms with Crippen LogP contribution in [0.25, 0.3) is 0 Å². The first-order valence-corrected chi connectivity index (χ1v) is 17.9. The Morgan fingerprint density at radius 2 is 0.571 bits per heavy atom. The molecule has 5 rings (SSSR count). The van der Waals surface area contributed by atoms with Crippen molar-refractivity contribution in [3.8, 4) is 0 Å². The van der Waals surface area contributed by atoms with Crippen LogP contribution in [0.1, 0.15) is 107 Å². The van der Waals surface area contributed by atoms with Crippen molar-refractivity contribution >= 4 is 34.1 Å². The molecule has 0 bridgehead atoms. The summed E-state index contributed by atoms with van der Waals surface area (Å²) in [6, 6.07) is 36.7. The first-order valence-electron chi connectivity index (χ1n) is 17.9. The lowest BCUT2D eigenvalue weighted by molar-refractivity contribution is 0.589. The van der Waals surface area contributed by atoms with Crippen molar-refractivity contribution in [1.29, 1.82) is 0 Å². The Hall–Kier alpha value is -4.30. The van der Waals surface area contributed by atoms with Gasteiger partial charge < -0.3 is 9.80 Å². The van der Waals surface area contributed by atoms with Crippen molar-refractivity contribution in [3.63, 3.8) is 0 Å². The minimum absolute atomic E-state index is 0.0790. The van der Waals surface area contributed by atoms with Gasteiger partial charge in [-0.2, -0.15) is 0 Å². The zero-order valence-electron chi connectivity index (χ0n) is 32.6. The summed E-state index contributed by atoms with van der Waals surface area (Å²) >= 11 is 0. The Labute approximate surface area is 297 Å². The minimum atomic E-state index is 0.0790. The summed E-state index contributed by atoms with van der Waals surface area (Å²) in [6.07, 6.45) is 0. The SMILES string of the molecule is Cc1ccc(N(c2ccc(N(c3ccc(C(C)(C)C)cc3)c3c(C)cc(C(C)(C)C)cc3C)cc2)c2c(C)cc(C(C)(C)C)cc2C)cc1. The Morgan fingerprint density at radius 1 is 0.327 bits per heavy atom. The van der Waals surface area contributed by atoms with Crippen LogP contribution in [-0.4, -0.2) is 0 Å². The summed E-state index contributed by atoms with van der Waals surface area (Å²) in [5.41, 5.74) is 17.8. The highest BCUT2D eigenvalue weighted by molar-refractivity contribution is 5.85. The Morgan fingerprint density at radius 3 is 0.837 bits per heavy atom. The van der Waals surface area contributed by atoms with Crippen LogP contribution >= 0.6 is 0 Å². The molecule has 0 heterocycles. The summed E-state index contributed by atoms with van der Waals surface area (Å²) in [5.74, 6) is 0. The van der Waals surface area contributed by atoms with Gasteiger partial charge in [0.25, 0.3) is 0 Å². The number of rotatable bonds is 6. The maximum atomic E-state index is 2.44. The molecular formula is C47H58N2. The second-order valence-electron chi connectivity index (χ2n) is 17.2. The van der Waals surface area contributed by atoms with Gasteiger partial charge in [0.05, 0.1) is 11.4 Å². The first kappa shape index (κ1) is 36.0. The lowest BCUT2D eigenvalue weighted by Crippen LogP contribution is -2.18. The fraction of sp³-hybridized carbons (Fsp3) is 0.362. The second-order valence-corrected chi connectivity index (χ2v) is 17.2. The van der Waals surface area contributed by atoms with E-state index in [0.717, 1.165) is 22.7 Å². The molecule has 0 unspecified atom stereocenters. The highest BCUT2D eigenvalue weighted by atomic mass is 15.2. The molecule has 0 aliphatic heterocycles. The van der Waals surface area contributed by atoms with E-state index in [1.165, 1.54) is 55.9 Å². The number of nitrogens with zero attached hydrogens (tertiary/aromatic N) is 2. The number of hydrogen-bond donors (Lipinski definition) is 0. The molecular weight excluding hydrogens is 593 g/mol. The van der Waals surface area contributed by atoms with Gasteiger partial charge in [-0.25, -0.2) is 0 Å². The molecule has 0 aromatic heterocycles. The molecule has 49 heavy (non-hydrogen) atoms. The molecule has 0 N–H and O–H groups in total.